The first-order valence-corrected chi connectivity index (χ1v) is 15.5. The molecule has 0 heterocycles. The predicted molar refractivity (Wildman–Crippen MR) is 124 cm³/mol. The van der Waals surface area contributed by atoms with Gasteiger partial charge in [-0.3, -0.25) is 19.0 Å². The van der Waals surface area contributed by atoms with E-state index in [1.165, 1.54) is 11.7 Å². The second-order valence-electron chi connectivity index (χ2n) is 6.76. The molecule has 0 saturated carbocycles. The first kappa shape index (κ1) is 40.1. The predicted octanol–water partition coefficient (Wildman–Crippen LogP) is -5.88. The average molecular weight is 602 g/mol. The molecule has 0 atom stereocenters. The van der Waals surface area contributed by atoms with E-state index in [0.717, 1.165) is 62.3 Å². The molecule has 0 rings (SSSR count). The van der Waals surface area contributed by atoms with Crippen molar-refractivity contribution in [1.82, 2.24) is 9.80 Å². The van der Waals surface area contributed by atoms with Gasteiger partial charge >= 0.3 is 0 Å². The summed E-state index contributed by atoms with van der Waals surface area (Å²) in [5.74, 6) is 3.58. The van der Waals surface area contributed by atoms with Crippen molar-refractivity contribution in [3.05, 3.63) is 0 Å². The normalized spacial score (nSPS) is 10.9. The van der Waals surface area contributed by atoms with E-state index >= 15 is 0 Å². The molecule has 0 aliphatic rings. The van der Waals surface area contributed by atoms with Crippen LogP contribution in [0, 0.1) is 20.5 Å². The third-order valence-electron chi connectivity index (χ3n) is 4.90. The van der Waals surface area contributed by atoms with Crippen molar-refractivity contribution in [3.8, 4) is 0 Å². The minimum absolute atomic E-state index is 0.939. The molecule has 0 radical (unpaired) electrons. The molecule has 12 nitrogen and oxygen atoms in total. The molecule has 0 unspecified atom stereocenters. The number of amidine groups is 2. The maximum absolute atomic E-state index is 8.49. The average Bonchev–Trinajstić information content (AvgIpc) is 2.76. The quantitative estimate of drug-likeness (QED) is 0.0997. The molecule has 0 fully saturated rings. The van der Waals surface area contributed by atoms with Crippen LogP contribution in [0.15, 0.2) is 0 Å². The molecule has 0 aliphatic carbocycles. The maximum atomic E-state index is 8.49. The minimum atomic E-state index is -4.94. The van der Waals surface area contributed by atoms with Crippen LogP contribution in [-0.4, -0.2) is 92.9 Å². The Morgan fingerprint density at radius 2 is 0.917 bits per heavy atom. The SMILES string of the molecule is CCN(CC)C(CSC(=S)C(N(CC)CC)=[N+](CC)CC)=[N+](CC)CC.[O-][Cl+3]([O-])([O-])[O-].[O-][Cl+3]([O-])([O-])[O-]. The van der Waals surface area contributed by atoms with Crippen LogP contribution in [0.2, 0.25) is 0 Å². The van der Waals surface area contributed by atoms with E-state index in [0.29, 0.717) is 0 Å². The summed E-state index contributed by atoms with van der Waals surface area (Å²) < 4.78 is 73.8. The lowest BCUT2D eigenvalue weighted by Crippen LogP contribution is -2.68. The third-order valence-corrected chi connectivity index (χ3v) is 6.28. The van der Waals surface area contributed by atoms with E-state index in [9.17, 15) is 0 Å². The van der Waals surface area contributed by atoms with Gasteiger partial charge in [0, 0.05) is 0 Å². The van der Waals surface area contributed by atoms with Gasteiger partial charge in [0.2, 0.25) is 0 Å². The van der Waals surface area contributed by atoms with Gasteiger partial charge in [0.1, 0.15) is 5.75 Å². The van der Waals surface area contributed by atoms with Crippen molar-refractivity contribution in [3.63, 3.8) is 0 Å². The van der Waals surface area contributed by atoms with Crippen molar-refractivity contribution in [2.75, 3.05) is 58.1 Å². The number of thiocarbonyl (C=S) groups is 1. The largest absolute Gasteiger partial charge is 0.296 e. The highest BCUT2D eigenvalue weighted by atomic mass is 35.7. The zero-order valence-electron chi connectivity index (χ0n) is 22.5. The molecule has 16 heteroatoms. The topological polar surface area (TPSA) is 197 Å². The summed E-state index contributed by atoms with van der Waals surface area (Å²) in [5.41, 5.74) is 0. The first-order valence-electron chi connectivity index (χ1n) is 11.6. The molecule has 0 aromatic carbocycles. The van der Waals surface area contributed by atoms with Crippen molar-refractivity contribution < 1.29 is 66.9 Å². The van der Waals surface area contributed by atoms with Crippen LogP contribution in [0.1, 0.15) is 55.4 Å². The van der Waals surface area contributed by atoms with Gasteiger partial charge in [-0.25, -0.2) is 37.3 Å². The van der Waals surface area contributed by atoms with Crippen LogP contribution in [0.25, 0.3) is 0 Å². The molecule has 0 amide bonds. The first-order chi connectivity index (χ1) is 16.5. The number of hydrogen-bond donors (Lipinski definition) is 0. The summed E-state index contributed by atoms with van der Waals surface area (Å²) in [7, 11) is -9.89. The number of rotatable bonds is 10. The summed E-state index contributed by atoms with van der Waals surface area (Å²) in [6.07, 6.45) is 0. The van der Waals surface area contributed by atoms with E-state index in [4.69, 9.17) is 49.5 Å². The number of hydrogen-bond acceptors (Lipinski definition) is 10. The Hall–Kier alpha value is -0.360. The Morgan fingerprint density at radius 1 is 0.611 bits per heavy atom. The zero-order valence-corrected chi connectivity index (χ0v) is 25.6. The van der Waals surface area contributed by atoms with Gasteiger partial charge in [-0.2, -0.15) is 0 Å². The number of halogens is 2. The monoisotopic (exact) mass is 600 g/mol. The van der Waals surface area contributed by atoms with Gasteiger partial charge in [-0.1, -0.05) is 24.0 Å². The van der Waals surface area contributed by atoms with E-state index in [1.54, 1.807) is 0 Å². The second-order valence-corrected chi connectivity index (χ2v) is 9.93. The third kappa shape index (κ3) is 21.7. The Kier molecular flexibility index (Phi) is 24.0. The van der Waals surface area contributed by atoms with E-state index in [2.05, 4.69) is 74.3 Å². The van der Waals surface area contributed by atoms with Gasteiger partial charge in [0.05, 0.1) is 52.4 Å². The van der Waals surface area contributed by atoms with E-state index < -0.39 is 20.5 Å². The summed E-state index contributed by atoms with van der Waals surface area (Å²) in [6.45, 7) is 25.9. The van der Waals surface area contributed by atoms with Crippen LogP contribution in [0.5, 0.6) is 0 Å². The molecule has 216 valence electrons. The highest BCUT2D eigenvalue weighted by Gasteiger charge is 2.27. The van der Waals surface area contributed by atoms with Gasteiger partial charge in [0.15, 0.2) is 4.20 Å². The highest BCUT2D eigenvalue weighted by molar-refractivity contribution is 8.25. The summed E-state index contributed by atoms with van der Waals surface area (Å²) in [6, 6.07) is 0. The fraction of sp³-hybridized carbons (Fsp3) is 0.850. The van der Waals surface area contributed by atoms with Crippen LogP contribution < -0.4 is 37.3 Å². The van der Waals surface area contributed by atoms with Crippen LogP contribution >= 0.6 is 24.0 Å². The van der Waals surface area contributed by atoms with Gasteiger partial charge < -0.3 is 0 Å². The lowest BCUT2D eigenvalue weighted by Gasteiger charge is -2.22. The highest BCUT2D eigenvalue weighted by Crippen LogP contribution is 2.12. The summed E-state index contributed by atoms with van der Waals surface area (Å²) in [4.78, 5) is 4.87. The molecule has 0 saturated heterocycles. The van der Waals surface area contributed by atoms with Gasteiger partial charge in [-0.15, -0.1) is 20.5 Å². The Morgan fingerprint density at radius 3 is 1.17 bits per heavy atom. The molecule has 0 aliphatic heterocycles. The van der Waals surface area contributed by atoms with Gasteiger partial charge in [0.25, 0.3) is 11.7 Å². The minimum Gasteiger partial charge on any atom is -0.266 e. The molecular formula is C20H42Cl2N4O8S2. The smallest absolute Gasteiger partial charge is 0.266 e. The Labute approximate surface area is 229 Å². The van der Waals surface area contributed by atoms with Crippen LogP contribution in [0.3, 0.4) is 0 Å². The molecule has 36 heavy (non-hydrogen) atoms. The molecular weight excluding hydrogens is 559 g/mol. The second kappa shape index (κ2) is 21.6. The molecule has 0 bridgehead atoms. The lowest BCUT2D eigenvalue weighted by molar-refractivity contribution is -2.00. The lowest BCUT2D eigenvalue weighted by atomic mass is 10.4. The number of thioether (sulfide) groups is 1. The van der Waals surface area contributed by atoms with Crippen LogP contribution in [-0.2, 0) is 0 Å². The molecule has 0 spiro atoms. The summed E-state index contributed by atoms with van der Waals surface area (Å²) >= 11 is 7.74. The van der Waals surface area contributed by atoms with E-state index in [1.807, 2.05) is 11.8 Å². The molecule has 0 aromatic heterocycles. The van der Waals surface area contributed by atoms with Crippen molar-refractivity contribution in [2.24, 2.45) is 0 Å². The fourth-order valence-electron chi connectivity index (χ4n) is 3.26. The standard InChI is InChI=1S/C20H42N4S2.2ClHO4/c1-9-21(10-2)18(22(11-3)12-4)17-26-20(25)19(23(13-5)14-6)24(15-7)16-8;2*2-1(3,4)5/h9-17H2,1-8H3;2*(H,2,3,4,5)/q+2;;/p-2. The maximum Gasteiger partial charge on any atom is 0.296 e. The van der Waals surface area contributed by atoms with Crippen molar-refractivity contribution in [1.29, 1.82) is 0 Å². The van der Waals surface area contributed by atoms with Crippen LogP contribution in [0.4, 0.5) is 0 Å². The van der Waals surface area contributed by atoms with Crippen molar-refractivity contribution >= 4 is 39.8 Å². The van der Waals surface area contributed by atoms with Gasteiger partial charge in [-0.05, 0) is 55.4 Å². The van der Waals surface area contributed by atoms with Crippen molar-refractivity contribution in [2.45, 2.75) is 55.4 Å². The molecule has 0 N–H and O–H groups in total. The van der Waals surface area contributed by atoms with E-state index in [-0.39, 0.29) is 0 Å². The Balaban J connectivity index is -0.000000910. The fourth-order valence-corrected chi connectivity index (χ4v) is 4.71. The zero-order chi connectivity index (χ0) is 29.1. The number of nitrogens with zero attached hydrogens (tertiary/aromatic N) is 4. The summed E-state index contributed by atoms with van der Waals surface area (Å²) in [5, 5.41) is 0. The molecule has 0 aromatic rings. The Bertz CT molecular complexity index is 631.